The van der Waals surface area contributed by atoms with E-state index in [-0.39, 0.29) is 11.1 Å². The van der Waals surface area contributed by atoms with Crippen LogP contribution in [0, 0.1) is 28.8 Å². The van der Waals surface area contributed by atoms with Crippen molar-refractivity contribution < 1.29 is 23.1 Å². The van der Waals surface area contributed by atoms with Crippen LogP contribution in [0.2, 0.25) is 0 Å². The van der Waals surface area contributed by atoms with E-state index in [0.717, 1.165) is 18.2 Å². The highest BCUT2D eigenvalue weighted by molar-refractivity contribution is 5.77. The van der Waals surface area contributed by atoms with E-state index in [0.29, 0.717) is 6.07 Å². The SMILES string of the molecule is N#CC(NC(=O)CC(O)c1cccc(F)c1)c1ccc(F)cc1F. The highest BCUT2D eigenvalue weighted by atomic mass is 19.1. The molecule has 2 rings (SSSR count). The van der Waals surface area contributed by atoms with Gasteiger partial charge < -0.3 is 10.4 Å². The summed E-state index contributed by atoms with van der Waals surface area (Å²) in [6, 6.07) is 8.10. The molecule has 0 aromatic heterocycles. The number of hydrogen-bond acceptors (Lipinski definition) is 3. The molecule has 0 saturated heterocycles. The van der Waals surface area contributed by atoms with Crippen molar-refractivity contribution >= 4 is 5.91 Å². The van der Waals surface area contributed by atoms with Crippen molar-refractivity contribution in [1.29, 1.82) is 5.26 Å². The zero-order valence-electron chi connectivity index (χ0n) is 12.3. The fourth-order valence-corrected chi connectivity index (χ4v) is 2.14. The minimum atomic E-state index is -1.34. The zero-order chi connectivity index (χ0) is 17.7. The Kier molecular flexibility index (Phi) is 5.55. The molecular weight excluding hydrogens is 321 g/mol. The molecule has 4 nitrogen and oxygen atoms in total. The molecule has 0 aliphatic carbocycles. The van der Waals surface area contributed by atoms with Crippen LogP contribution < -0.4 is 5.32 Å². The molecule has 7 heteroatoms. The Morgan fingerprint density at radius 1 is 1.17 bits per heavy atom. The third-order valence-electron chi connectivity index (χ3n) is 3.32. The van der Waals surface area contributed by atoms with Gasteiger partial charge in [-0.25, -0.2) is 13.2 Å². The number of rotatable bonds is 5. The first-order valence-electron chi connectivity index (χ1n) is 6.98. The van der Waals surface area contributed by atoms with Crippen molar-refractivity contribution in [3.8, 4) is 6.07 Å². The second-order valence-electron chi connectivity index (χ2n) is 5.07. The molecule has 0 fully saturated rings. The molecule has 2 unspecified atom stereocenters. The monoisotopic (exact) mass is 334 g/mol. The molecule has 0 radical (unpaired) electrons. The van der Waals surface area contributed by atoms with Crippen molar-refractivity contribution in [2.75, 3.05) is 0 Å². The van der Waals surface area contributed by atoms with Gasteiger partial charge in [-0.3, -0.25) is 4.79 Å². The molecule has 2 aromatic rings. The number of hydrogen-bond donors (Lipinski definition) is 2. The number of nitriles is 1. The Labute approximate surface area is 136 Å². The van der Waals surface area contributed by atoms with Crippen LogP contribution in [0.5, 0.6) is 0 Å². The minimum absolute atomic E-state index is 0.188. The van der Waals surface area contributed by atoms with Crippen LogP contribution in [0.1, 0.15) is 29.7 Å². The summed E-state index contributed by atoms with van der Waals surface area (Å²) in [5, 5.41) is 21.2. The second-order valence-corrected chi connectivity index (χ2v) is 5.07. The normalized spacial score (nSPS) is 13.0. The maximum absolute atomic E-state index is 13.7. The van der Waals surface area contributed by atoms with Crippen LogP contribution in [0.3, 0.4) is 0 Å². The van der Waals surface area contributed by atoms with Gasteiger partial charge in [-0.1, -0.05) is 18.2 Å². The average Bonchev–Trinajstić information content (AvgIpc) is 2.53. The summed E-state index contributed by atoms with van der Waals surface area (Å²) in [6.07, 6.45) is -1.72. The van der Waals surface area contributed by atoms with Gasteiger partial charge in [-0.05, 0) is 23.8 Å². The Balaban J connectivity index is 2.06. The molecule has 1 amide bonds. The van der Waals surface area contributed by atoms with Crippen LogP contribution in [-0.4, -0.2) is 11.0 Å². The maximum Gasteiger partial charge on any atom is 0.224 e. The van der Waals surface area contributed by atoms with Gasteiger partial charge in [0, 0.05) is 11.6 Å². The van der Waals surface area contributed by atoms with Crippen molar-refractivity contribution in [3.63, 3.8) is 0 Å². The van der Waals surface area contributed by atoms with E-state index in [9.17, 15) is 23.1 Å². The van der Waals surface area contributed by atoms with E-state index in [4.69, 9.17) is 5.26 Å². The van der Waals surface area contributed by atoms with Crippen LogP contribution in [0.4, 0.5) is 13.2 Å². The highest BCUT2D eigenvalue weighted by Crippen LogP contribution is 2.20. The minimum Gasteiger partial charge on any atom is -0.388 e. The molecule has 0 aliphatic rings. The number of nitrogens with one attached hydrogen (secondary N) is 1. The van der Waals surface area contributed by atoms with Gasteiger partial charge >= 0.3 is 0 Å². The van der Waals surface area contributed by atoms with E-state index in [2.05, 4.69) is 5.32 Å². The summed E-state index contributed by atoms with van der Waals surface area (Å²) in [4.78, 5) is 11.9. The third-order valence-corrected chi connectivity index (χ3v) is 3.32. The van der Waals surface area contributed by atoms with Gasteiger partial charge in [-0.15, -0.1) is 0 Å². The molecule has 24 heavy (non-hydrogen) atoms. The summed E-state index contributed by atoms with van der Waals surface area (Å²) in [5.74, 6) is -3.06. The summed E-state index contributed by atoms with van der Waals surface area (Å²) in [5.41, 5.74) is 0.0131. The number of amides is 1. The van der Waals surface area contributed by atoms with Gasteiger partial charge in [0.1, 0.15) is 23.5 Å². The summed E-state index contributed by atoms with van der Waals surface area (Å²) < 4.78 is 39.7. The van der Waals surface area contributed by atoms with Crippen molar-refractivity contribution in [3.05, 3.63) is 71.0 Å². The van der Waals surface area contributed by atoms with E-state index in [1.807, 2.05) is 0 Å². The Hall–Kier alpha value is -2.85. The third kappa shape index (κ3) is 4.33. The van der Waals surface area contributed by atoms with Gasteiger partial charge in [-0.2, -0.15) is 5.26 Å². The van der Waals surface area contributed by atoms with Crippen LogP contribution in [-0.2, 0) is 4.79 Å². The van der Waals surface area contributed by atoms with Crippen molar-refractivity contribution in [1.82, 2.24) is 5.32 Å². The molecule has 2 N–H and O–H groups in total. The molecule has 2 aromatic carbocycles. The van der Waals surface area contributed by atoms with Crippen LogP contribution in [0.25, 0.3) is 0 Å². The molecule has 0 spiro atoms. The lowest BCUT2D eigenvalue weighted by atomic mass is 10.0. The lowest BCUT2D eigenvalue weighted by Crippen LogP contribution is -2.29. The number of benzene rings is 2. The summed E-state index contributed by atoms with van der Waals surface area (Å²) >= 11 is 0. The first-order valence-corrected chi connectivity index (χ1v) is 6.98. The highest BCUT2D eigenvalue weighted by Gasteiger charge is 2.20. The quantitative estimate of drug-likeness (QED) is 0.883. The molecular formula is C17H13F3N2O2. The molecule has 2 atom stereocenters. The number of carbonyl (C=O) groups is 1. The number of aliphatic hydroxyl groups excluding tert-OH is 1. The van der Waals surface area contributed by atoms with Gasteiger partial charge in [0.2, 0.25) is 5.91 Å². The maximum atomic E-state index is 13.7. The summed E-state index contributed by atoms with van der Waals surface area (Å²) in [7, 11) is 0. The Bertz CT molecular complexity index is 790. The van der Waals surface area contributed by atoms with Crippen LogP contribution >= 0.6 is 0 Å². The molecule has 124 valence electrons. The molecule has 0 aliphatic heterocycles. The van der Waals surface area contributed by atoms with E-state index in [1.54, 1.807) is 6.07 Å². The first-order chi connectivity index (χ1) is 11.4. The number of halogens is 3. The topological polar surface area (TPSA) is 73.1 Å². The lowest BCUT2D eigenvalue weighted by molar-refractivity contribution is -0.123. The van der Waals surface area contributed by atoms with Gasteiger partial charge in [0.15, 0.2) is 0 Å². The number of carbonyl (C=O) groups excluding carboxylic acids is 1. The number of nitrogens with zero attached hydrogens (tertiary/aromatic N) is 1. The van der Waals surface area contributed by atoms with Crippen LogP contribution in [0.15, 0.2) is 42.5 Å². The second kappa shape index (κ2) is 7.62. The van der Waals surface area contributed by atoms with Gasteiger partial charge in [0.25, 0.3) is 0 Å². The fraction of sp³-hybridized carbons (Fsp3) is 0.176. The van der Waals surface area contributed by atoms with Gasteiger partial charge in [0.05, 0.1) is 18.6 Å². The largest absolute Gasteiger partial charge is 0.388 e. The fourth-order valence-electron chi connectivity index (χ4n) is 2.14. The Morgan fingerprint density at radius 2 is 1.88 bits per heavy atom. The standard InChI is InChI=1S/C17H13F3N2O2/c18-11-3-1-2-10(6-11)16(23)8-17(24)22-15(9-21)13-5-4-12(19)7-14(13)20/h1-7,15-16,23H,8H2,(H,22,24). The smallest absolute Gasteiger partial charge is 0.224 e. The molecule has 0 saturated carbocycles. The van der Waals surface area contributed by atoms with E-state index >= 15 is 0 Å². The van der Waals surface area contributed by atoms with Crippen molar-refractivity contribution in [2.24, 2.45) is 0 Å². The Morgan fingerprint density at radius 3 is 2.50 bits per heavy atom. The molecule has 0 bridgehead atoms. The first kappa shape index (κ1) is 17.5. The van der Waals surface area contributed by atoms with E-state index in [1.165, 1.54) is 18.2 Å². The predicted octanol–water partition coefficient (Wildman–Crippen LogP) is 2.91. The van der Waals surface area contributed by atoms with E-state index < -0.39 is 41.9 Å². The average molecular weight is 334 g/mol. The molecule has 0 heterocycles. The predicted molar refractivity (Wildman–Crippen MR) is 78.8 cm³/mol. The number of aliphatic hydroxyl groups is 1. The summed E-state index contributed by atoms with van der Waals surface area (Å²) in [6.45, 7) is 0. The lowest BCUT2D eigenvalue weighted by Gasteiger charge is -2.15. The van der Waals surface area contributed by atoms with Crippen molar-refractivity contribution in [2.45, 2.75) is 18.6 Å². The zero-order valence-corrected chi connectivity index (χ0v) is 12.3.